The third kappa shape index (κ3) is 16.7. The van der Waals surface area contributed by atoms with Crippen LogP contribution >= 0.6 is 0 Å². The third-order valence-corrected chi connectivity index (χ3v) is 2.94. The second-order valence-electron chi connectivity index (χ2n) is 4.76. The lowest BCUT2D eigenvalue weighted by atomic mass is 10.1. The van der Waals surface area contributed by atoms with Crippen LogP contribution in [-0.4, -0.2) is 0 Å². The molecule has 0 saturated carbocycles. The first-order valence-electron chi connectivity index (χ1n) is 7.73. The van der Waals surface area contributed by atoms with Gasteiger partial charge in [0.15, 0.2) is 0 Å². The van der Waals surface area contributed by atoms with Crippen LogP contribution in [0.25, 0.3) is 0 Å². The molecule has 0 radical (unpaired) electrons. The van der Waals surface area contributed by atoms with Gasteiger partial charge in [-0.25, -0.2) is 0 Å². The maximum atomic E-state index is 8.40. The van der Waals surface area contributed by atoms with Crippen molar-refractivity contribution in [3.05, 3.63) is 36.5 Å². The molecule has 0 heterocycles. The number of unbranched alkanes of at least 4 members (excludes halogenated alkanes) is 6. The Labute approximate surface area is 119 Å². The van der Waals surface area contributed by atoms with Gasteiger partial charge in [0.2, 0.25) is 0 Å². The van der Waals surface area contributed by atoms with E-state index in [0.717, 1.165) is 32.1 Å². The number of nitriles is 1. The van der Waals surface area contributed by atoms with Crippen molar-refractivity contribution in [3.63, 3.8) is 0 Å². The molecule has 0 aromatic heterocycles. The molecule has 0 atom stereocenters. The minimum absolute atomic E-state index is 0.722. The molecule has 0 bridgehead atoms. The van der Waals surface area contributed by atoms with E-state index in [-0.39, 0.29) is 0 Å². The summed E-state index contributed by atoms with van der Waals surface area (Å²) in [6.07, 6.45) is 24.7. The summed E-state index contributed by atoms with van der Waals surface area (Å²) in [6, 6.07) is 2.19. The highest BCUT2D eigenvalue weighted by atomic mass is 14.2. The van der Waals surface area contributed by atoms with E-state index in [1.54, 1.807) is 0 Å². The lowest BCUT2D eigenvalue weighted by molar-refractivity contribution is 0.623. The number of hydrogen-bond donors (Lipinski definition) is 0. The Kier molecular flexibility index (Phi) is 15.6. The van der Waals surface area contributed by atoms with Crippen molar-refractivity contribution in [1.29, 1.82) is 5.26 Å². The molecule has 0 aliphatic heterocycles. The smallest absolute Gasteiger partial charge is 0.0621 e. The van der Waals surface area contributed by atoms with E-state index in [4.69, 9.17) is 5.26 Å². The second kappa shape index (κ2) is 16.7. The lowest BCUT2D eigenvalue weighted by Gasteiger charge is -1.96. The largest absolute Gasteiger partial charge is 0.198 e. The monoisotopic (exact) mass is 259 g/mol. The van der Waals surface area contributed by atoms with Gasteiger partial charge in [-0.05, 0) is 38.5 Å². The summed E-state index contributed by atoms with van der Waals surface area (Å²) in [5.41, 5.74) is 0. The molecule has 0 unspecified atom stereocenters. The van der Waals surface area contributed by atoms with E-state index in [2.05, 4.69) is 49.4 Å². The predicted octanol–water partition coefficient (Wildman–Crippen LogP) is 6.10. The number of hydrogen-bond acceptors (Lipinski definition) is 1. The van der Waals surface area contributed by atoms with Crippen molar-refractivity contribution in [2.45, 2.75) is 71.1 Å². The molecule has 0 rings (SSSR count). The van der Waals surface area contributed by atoms with Crippen molar-refractivity contribution in [1.82, 2.24) is 0 Å². The highest BCUT2D eigenvalue weighted by Gasteiger charge is 1.88. The first kappa shape index (κ1) is 17.7. The van der Waals surface area contributed by atoms with Crippen LogP contribution in [-0.2, 0) is 0 Å². The summed E-state index contributed by atoms with van der Waals surface area (Å²) >= 11 is 0. The fraction of sp³-hybridized carbons (Fsp3) is 0.611. The summed E-state index contributed by atoms with van der Waals surface area (Å²) in [6.45, 7) is 2.16. The van der Waals surface area contributed by atoms with Crippen molar-refractivity contribution in [2.24, 2.45) is 0 Å². The van der Waals surface area contributed by atoms with Crippen LogP contribution in [0.2, 0.25) is 0 Å². The quantitative estimate of drug-likeness (QED) is 0.307. The molecule has 0 N–H and O–H groups in total. The van der Waals surface area contributed by atoms with Gasteiger partial charge in [0.1, 0.15) is 0 Å². The Hall–Kier alpha value is -1.29. The molecule has 0 amide bonds. The molecule has 1 nitrogen and oxygen atoms in total. The van der Waals surface area contributed by atoms with E-state index < -0.39 is 0 Å². The fourth-order valence-corrected chi connectivity index (χ4v) is 1.82. The first-order valence-corrected chi connectivity index (χ1v) is 7.73. The number of allylic oxidation sites excluding steroid dienone is 6. The molecule has 0 fully saturated rings. The topological polar surface area (TPSA) is 23.8 Å². The number of nitrogens with zero attached hydrogens (tertiary/aromatic N) is 1. The molecule has 0 aliphatic carbocycles. The molecule has 19 heavy (non-hydrogen) atoms. The highest BCUT2D eigenvalue weighted by molar-refractivity contribution is 4.96. The van der Waals surface area contributed by atoms with Crippen LogP contribution in [0.5, 0.6) is 0 Å². The molecule has 106 valence electrons. The number of rotatable bonds is 12. The predicted molar refractivity (Wildman–Crippen MR) is 84.9 cm³/mol. The van der Waals surface area contributed by atoms with Gasteiger partial charge < -0.3 is 0 Å². The van der Waals surface area contributed by atoms with E-state index in [1.807, 2.05) is 0 Å². The summed E-state index contributed by atoms with van der Waals surface area (Å²) in [5, 5.41) is 8.40. The van der Waals surface area contributed by atoms with Gasteiger partial charge in [-0.2, -0.15) is 5.26 Å². The van der Waals surface area contributed by atoms with Crippen LogP contribution < -0.4 is 0 Å². The highest BCUT2D eigenvalue weighted by Crippen LogP contribution is 2.07. The zero-order valence-electron chi connectivity index (χ0n) is 12.5. The zero-order valence-corrected chi connectivity index (χ0v) is 12.5. The summed E-state index contributed by atoms with van der Waals surface area (Å²) < 4.78 is 0. The maximum absolute atomic E-state index is 8.40. The zero-order chi connectivity index (χ0) is 14.0. The van der Waals surface area contributed by atoms with Gasteiger partial charge in [0.25, 0.3) is 0 Å². The van der Waals surface area contributed by atoms with Crippen molar-refractivity contribution >= 4 is 0 Å². The molecular weight excluding hydrogens is 230 g/mol. The maximum Gasteiger partial charge on any atom is 0.0621 e. The van der Waals surface area contributed by atoms with E-state index in [1.165, 1.54) is 32.1 Å². The fourth-order valence-electron chi connectivity index (χ4n) is 1.82. The van der Waals surface area contributed by atoms with Crippen molar-refractivity contribution < 1.29 is 0 Å². The van der Waals surface area contributed by atoms with Crippen LogP contribution in [0, 0.1) is 11.3 Å². The molecule has 0 aliphatic rings. The van der Waals surface area contributed by atoms with Gasteiger partial charge >= 0.3 is 0 Å². The molecule has 0 aromatic rings. The standard InChI is InChI=1S/C18H29N/c1-2-3-4-5-6-7-8-9-10-11-12-13-14-15-16-17-18-19/h3-4,6-7,9-10H,2,5,8,11-17H2,1H3. The van der Waals surface area contributed by atoms with Crippen LogP contribution in [0.4, 0.5) is 0 Å². The Morgan fingerprint density at radius 3 is 2.00 bits per heavy atom. The average molecular weight is 259 g/mol. The lowest BCUT2D eigenvalue weighted by Crippen LogP contribution is -1.78. The molecule has 0 aromatic carbocycles. The second-order valence-corrected chi connectivity index (χ2v) is 4.76. The molecular formula is C18H29N. The van der Waals surface area contributed by atoms with Gasteiger partial charge in [-0.15, -0.1) is 0 Å². The normalized spacial score (nSPS) is 11.8. The summed E-state index contributed by atoms with van der Waals surface area (Å²) in [5.74, 6) is 0. The Balaban J connectivity index is 3.21. The summed E-state index contributed by atoms with van der Waals surface area (Å²) in [7, 11) is 0. The van der Waals surface area contributed by atoms with Crippen LogP contribution in [0.1, 0.15) is 71.1 Å². The Morgan fingerprint density at radius 1 is 0.737 bits per heavy atom. The van der Waals surface area contributed by atoms with E-state index in [0.29, 0.717) is 0 Å². The Morgan fingerprint density at radius 2 is 1.32 bits per heavy atom. The molecule has 0 saturated heterocycles. The summed E-state index contributed by atoms with van der Waals surface area (Å²) in [4.78, 5) is 0. The van der Waals surface area contributed by atoms with E-state index in [9.17, 15) is 0 Å². The molecule has 0 spiro atoms. The molecule has 1 heteroatoms. The van der Waals surface area contributed by atoms with Gasteiger partial charge in [-0.3, -0.25) is 0 Å². The third-order valence-electron chi connectivity index (χ3n) is 2.94. The van der Waals surface area contributed by atoms with E-state index >= 15 is 0 Å². The average Bonchev–Trinajstić information content (AvgIpc) is 2.43. The minimum Gasteiger partial charge on any atom is -0.198 e. The van der Waals surface area contributed by atoms with Crippen molar-refractivity contribution in [2.75, 3.05) is 0 Å². The first-order chi connectivity index (χ1) is 9.41. The Bertz CT molecular complexity index is 291. The minimum atomic E-state index is 0.722. The van der Waals surface area contributed by atoms with Gasteiger partial charge in [-0.1, -0.05) is 62.6 Å². The van der Waals surface area contributed by atoms with Crippen LogP contribution in [0.15, 0.2) is 36.5 Å². The van der Waals surface area contributed by atoms with Gasteiger partial charge in [0.05, 0.1) is 6.07 Å². The van der Waals surface area contributed by atoms with Crippen LogP contribution in [0.3, 0.4) is 0 Å². The van der Waals surface area contributed by atoms with Gasteiger partial charge in [0, 0.05) is 6.42 Å². The van der Waals surface area contributed by atoms with Crippen molar-refractivity contribution in [3.8, 4) is 6.07 Å². The SMILES string of the molecule is CCC=CCC=CCC=CCCCCCCCC#N.